The number of amides is 2. The van der Waals surface area contributed by atoms with Gasteiger partial charge < -0.3 is 11.1 Å². The Morgan fingerprint density at radius 1 is 1.17 bits per heavy atom. The SMILES string of the molecule is C[C@H](N=C1NC(=O)C(C)(c2ccc(C(C)(C)C(N)=O)cc2)S1)c1ccc(F)cc1. The van der Waals surface area contributed by atoms with E-state index in [1.807, 2.05) is 38.1 Å². The minimum absolute atomic E-state index is 0.158. The molecule has 0 bridgehead atoms. The van der Waals surface area contributed by atoms with Crippen molar-refractivity contribution in [3.63, 3.8) is 0 Å². The van der Waals surface area contributed by atoms with Crippen LogP contribution in [0.25, 0.3) is 0 Å². The van der Waals surface area contributed by atoms with Gasteiger partial charge in [0.25, 0.3) is 0 Å². The van der Waals surface area contributed by atoms with E-state index in [0.717, 1.165) is 16.7 Å². The molecule has 1 aliphatic rings. The maximum absolute atomic E-state index is 13.1. The minimum Gasteiger partial charge on any atom is -0.369 e. The summed E-state index contributed by atoms with van der Waals surface area (Å²) in [4.78, 5) is 29.0. The van der Waals surface area contributed by atoms with Crippen molar-refractivity contribution in [3.05, 3.63) is 71.0 Å². The summed E-state index contributed by atoms with van der Waals surface area (Å²) >= 11 is 1.34. The van der Waals surface area contributed by atoms with Gasteiger partial charge in [0.2, 0.25) is 11.8 Å². The van der Waals surface area contributed by atoms with Crippen LogP contribution < -0.4 is 11.1 Å². The van der Waals surface area contributed by atoms with Crippen LogP contribution in [-0.4, -0.2) is 17.0 Å². The molecule has 1 unspecified atom stereocenters. The summed E-state index contributed by atoms with van der Waals surface area (Å²) in [5, 5.41) is 3.37. The lowest BCUT2D eigenvalue weighted by atomic mass is 9.83. The van der Waals surface area contributed by atoms with Crippen LogP contribution in [0.15, 0.2) is 53.5 Å². The molecule has 0 aromatic heterocycles. The fraction of sp³-hybridized carbons (Fsp3) is 0.318. The molecule has 2 amide bonds. The van der Waals surface area contributed by atoms with Crippen molar-refractivity contribution in [1.29, 1.82) is 0 Å². The summed E-state index contributed by atoms with van der Waals surface area (Å²) in [6, 6.07) is 13.3. The molecule has 1 heterocycles. The summed E-state index contributed by atoms with van der Waals surface area (Å²) in [5.74, 6) is -0.865. The van der Waals surface area contributed by atoms with Gasteiger partial charge in [-0.1, -0.05) is 48.2 Å². The molecule has 29 heavy (non-hydrogen) atoms. The predicted octanol–water partition coefficient (Wildman–Crippen LogP) is 3.78. The Kier molecular flexibility index (Phi) is 5.54. The largest absolute Gasteiger partial charge is 0.369 e. The molecule has 0 radical (unpaired) electrons. The van der Waals surface area contributed by atoms with Crippen molar-refractivity contribution in [1.82, 2.24) is 5.32 Å². The summed E-state index contributed by atoms with van der Waals surface area (Å²) in [5.41, 5.74) is 7.16. The second-order valence-electron chi connectivity index (χ2n) is 7.82. The Morgan fingerprint density at radius 3 is 2.31 bits per heavy atom. The molecule has 3 N–H and O–H groups in total. The highest BCUT2D eigenvalue weighted by molar-refractivity contribution is 8.15. The standard InChI is InChI=1S/C22H24FN3O2S/c1-13(14-5-11-17(23)12-6-14)25-20-26-19(28)22(4,29-20)16-9-7-15(8-10-16)21(2,3)18(24)27/h5-13H,1-4H3,(H2,24,27)(H,25,26,28)/t13-,22?/m0/s1. The zero-order chi connectivity index (χ0) is 21.4. The first-order chi connectivity index (χ1) is 13.5. The minimum atomic E-state index is -0.837. The molecule has 0 spiro atoms. The van der Waals surface area contributed by atoms with Gasteiger partial charge in [-0.2, -0.15) is 0 Å². The normalized spacial score (nSPS) is 21.8. The fourth-order valence-electron chi connectivity index (χ4n) is 3.07. The molecule has 2 atom stereocenters. The Hall–Kier alpha value is -2.67. The zero-order valence-corrected chi connectivity index (χ0v) is 17.6. The summed E-state index contributed by atoms with van der Waals surface area (Å²) < 4.78 is 12.3. The van der Waals surface area contributed by atoms with Crippen LogP contribution in [-0.2, 0) is 19.8 Å². The number of carbonyl (C=O) groups excluding carboxylic acids is 2. The number of amidine groups is 1. The molecule has 0 saturated carbocycles. The van der Waals surface area contributed by atoms with Crippen LogP contribution in [0.5, 0.6) is 0 Å². The van der Waals surface area contributed by atoms with E-state index in [0.29, 0.717) is 5.17 Å². The summed E-state index contributed by atoms with van der Waals surface area (Å²) in [7, 11) is 0. The van der Waals surface area contributed by atoms with E-state index in [4.69, 9.17) is 5.73 Å². The fourth-order valence-corrected chi connectivity index (χ4v) is 4.21. The lowest BCUT2D eigenvalue weighted by molar-refractivity contribution is -0.122. The van der Waals surface area contributed by atoms with Crippen molar-refractivity contribution in [3.8, 4) is 0 Å². The van der Waals surface area contributed by atoms with Gasteiger partial charge in [0.1, 0.15) is 10.6 Å². The second-order valence-corrected chi connectivity index (χ2v) is 9.23. The van der Waals surface area contributed by atoms with E-state index >= 15 is 0 Å². The number of primary amides is 1. The number of hydrogen-bond acceptors (Lipinski definition) is 4. The molecule has 1 aliphatic heterocycles. The highest BCUT2D eigenvalue weighted by Gasteiger charge is 2.44. The number of rotatable bonds is 5. The van der Waals surface area contributed by atoms with Crippen LogP contribution in [0.4, 0.5) is 4.39 Å². The second kappa shape index (κ2) is 7.63. The third kappa shape index (κ3) is 4.05. The number of nitrogens with two attached hydrogens (primary N) is 1. The van der Waals surface area contributed by atoms with E-state index in [9.17, 15) is 14.0 Å². The van der Waals surface area contributed by atoms with Crippen LogP contribution in [0.1, 0.15) is 50.4 Å². The van der Waals surface area contributed by atoms with Gasteiger partial charge in [0, 0.05) is 0 Å². The Bertz CT molecular complexity index is 971. The predicted molar refractivity (Wildman–Crippen MR) is 114 cm³/mol. The topological polar surface area (TPSA) is 84.6 Å². The molecule has 5 nitrogen and oxygen atoms in total. The Morgan fingerprint density at radius 2 is 1.76 bits per heavy atom. The zero-order valence-electron chi connectivity index (χ0n) is 16.8. The first kappa shape index (κ1) is 21.0. The van der Waals surface area contributed by atoms with E-state index in [1.165, 1.54) is 23.9 Å². The van der Waals surface area contributed by atoms with Crippen molar-refractivity contribution >= 4 is 28.7 Å². The average Bonchev–Trinajstić information content (AvgIpc) is 2.96. The van der Waals surface area contributed by atoms with E-state index in [1.54, 1.807) is 26.0 Å². The highest BCUT2D eigenvalue weighted by Crippen LogP contribution is 2.42. The maximum Gasteiger partial charge on any atom is 0.246 e. The molecule has 0 aliphatic carbocycles. The number of benzene rings is 2. The first-order valence-electron chi connectivity index (χ1n) is 9.28. The number of carbonyl (C=O) groups is 2. The van der Waals surface area contributed by atoms with Crippen molar-refractivity contribution in [2.24, 2.45) is 10.7 Å². The molecule has 2 aromatic rings. The molecular weight excluding hydrogens is 389 g/mol. The molecule has 1 fully saturated rings. The molecular formula is C22H24FN3O2S. The van der Waals surface area contributed by atoms with Crippen LogP contribution in [0.2, 0.25) is 0 Å². The van der Waals surface area contributed by atoms with Gasteiger partial charge in [-0.3, -0.25) is 14.6 Å². The number of nitrogens with zero attached hydrogens (tertiary/aromatic N) is 1. The number of hydrogen-bond donors (Lipinski definition) is 2. The number of nitrogens with one attached hydrogen (secondary N) is 1. The van der Waals surface area contributed by atoms with Gasteiger partial charge in [-0.15, -0.1) is 0 Å². The van der Waals surface area contributed by atoms with Gasteiger partial charge in [0.15, 0.2) is 5.17 Å². The number of thioether (sulfide) groups is 1. The Balaban J connectivity index is 1.83. The van der Waals surface area contributed by atoms with Crippen molar-refractivity contribution in [2.45, 2.75) is 43.9 Å². The Labute approximate surface area is 174 Å². The third-order valence-corrected chi connectivity index (χ3v) is 6.62. The monoisotopic (exact) mass is 413 g/mol. The van der Waals surface area contributed by atoms with Crippen LogP contribution in [0.3, 0.4) is 0 Å². The van der Waals surface area contributed by atoms with Crippen molar-refractivity contribution in [2.75, 3.05) is 0 Å². The highest BCUT2D eigenvalue weighted by atomic mass is 32.2. The van der Waals surface area contributed by atoms with Crippen LogP contribution in [0, 0.1) is 5.82 Å². The number of aliphatic imine (C=N–C) groups is 1. The first-order valence-corrected chi connectivity index (χ1v) is 10.1. The third-order valence-electron chi connectivity index (χ3n) is 5.39. The lowest BCUT2D eigenvalue weighted by Gasteiger charge is -2.24. The molecule has 3 rings (SSSR count). The van der Waals surface area contributed by atoms with Crippen LogP contribution >= 0.6 is 11.8 Å². The van der Waals surface area contributed by atoms with Gasteiger partial charge >= 0.3 is 0 Å². The molecule has 2 aromatic carbocycles. The lowest BCUT2D eigenvalue weighted by Crippen LogP contribution is -2.35. The van der Waals surface area contributed by atoms with E-state index < -0.39 is 16.1 Å². The van der Waals surface area contributed by atoms with Gasteiger partial charge in [0.05, 0.1) is 11.5 Å². The summed E-state index contributed by atoms with van der Waals surface area (Å²) in [6.45, 7) is 7.27. The average molecular weight is 414 g/mol. The smallest absolute Gasteiger partial charge is 0.246 e. The molecule has 7 heteroatoms. The van der Waals surface area contributed by atoms with Crippen molar-refractivity contribution < 1.29 is 14.0 Å². The quantitative estimate of drug-likeness (QED) is 0.782. The molecule has 152 valence electrons. The van der Waals surface area contributed by atoms with Gasteiger partial charge in [-0.25, -0.2) is 4.39 Å². The maximum atomic E-state index is 13.1. The summed E-state index contributed by atoms with van der Waals surface area (Å²) in [6.07, 6.45) is 0. The number of halogens is 1. The molecule has 1 saturated heterocycles. The van der Waals surface area contributed by atoms with E-state index in [-0.39, 0.29) is 17.8 Å². The van der Waals surface area contributed by atoms with Gasteiger partial charge in [-0.05, 0) is 56.5 Å². The van der Waals surface area contributed by atoms with E-state index in [2.05, 4.69) is 10.3 Å².